The third-order valence-electron chi connectivity index (χ3n) is 1.42. The van der Waals surface area contributed by atoms with E-state index in [1.165, 1.54) is 0 Å². The van der Waals surface area contributed by atoms with Crippen LogP contribution in [-0.2, 0) is 4.74 Å². The highest BCUT2D eigenvalue weighted by molar-refractivity contribution is 14.1. The first kappa shape index (κ1) is 12.0. The molecule has 12 heavy (non-hydrogen) atoms. The highest BCUT2D eigenvalue weighted by Gasteiger charge is 2.11. The minimum absolute atomic E-state index is 0.187. The molecule has 0 unspecified atom stereocenters. The van der Waals surface area contributed by atoms with E-state index < -0.39 is 0 Å². The molecule has 0 saturated heterocycles. The summed E-state index contributed by atoms with van der Waals surface area (Å²) in [5.41, 5.74) is 0. The van der Waals surface area contributed by atoms with Gasteiger partial charge < -0.3 is 9.64 Å². The van der Waals surface area contributed by atoms with E-state index in [9.17, 15) is 4.79 Å². The van der Waals surface area contributed by atoms with Crippen LogP contribution in [0.4, 0.5) is 4.79 Å². The lowest BCUT2D eigenvalue weighted by Gasteiger charge is -2.19. The maximum atomic E-state index is 11.2. The Morgan fingerprint density at radius 1 is 1.33 bits per heavy atom. The minimum Gasteiger partial charge on any atom is -0.439 e. The van der Waals surface area contributed by atoms with Crippen LogP contribution < -0.4 is 0 Å². The normalized spacial score (nSPS) is 9.58. The molecule has 0 bridgehead atoms. The van der Waals surface area contributed by atoms with E-state index in [0.717, 1.165) is 25.9 Å². The van der Waals surface area contributed by atoms with Crippen molar-refractivity contribution >= 4 is 28.7 Å². The van der Waals surface area contributed by atoms with Crippen LogP contribution in [0.5, 0.6) is 0 Å². The number of hydrogen-bond donors (Lipinski definition) is 0. The fourth-order valence-electron chi connectivity index (χ4n) is 0.972. The Kier molecular flexibility index (Phi) is 7.64. The third kappa shape index (κ3) is 4.79. The molecule has 3 nitrogen and oxygen atoms in total. The summed E-state index contributed by atoms with van der Waals surface area (Å²) < 4.78 is 5.31. The number of nitrogens with zero attached hydrogens (tertiary/aromatic N) is 1. The van der Waals surface area contributed by atoms with Crippen LogP contribution in [-0.4, -0.2) is 28.7 Å². The van der Waals surface area contributed by atoms with Crippen LogP contribution in [0, 0.1) is 0 Å². The number of ether oxygens (including phenoxy) is 1. The van der Waals surface area contributed by atoms with E-state index in [1.54, 1.807) is 4.90 Å². The summed E-state index contributed by atoms with van der Waals surface area (Å²) in [4.78, 5) is 13.0. The first-order valence-electron chi connectivity index (χ1n) is 4.23. The van der Waals surface area contributed by atoms with Gasteiger partial charge in [-0.3, -0.25) is 0 Å². The summed E-state index contributed by atoms with van der Waals surface area (Å²) in [5, 5.41) is 0. The van der Waals surface area contributed by atoms with Crippen LogP contribution in [0.25, 0.3) is 0 Å². The quantitative estimate of drug-likeness (QED) is 0.574. The van der Waals surface area contributed by atoms with Gasteiger partial charge in [0.1, 0.15) is 4.61 Å². The van der Waals surface area contributed by atoms with E-state index in [2.05, 4.69) is 13.8 Å². The number of halogens is 1. The van der Waals surface area contributed by atoms with E-state index in [-0.39, 0.29) is 6.09 Å². The number of rotatable bonds is 5. The van der Waals surface area contributed by atoms with E-state index in [0.29, 0.717) is 4.61 Å². The third-order valence-corrected chi connectivity index (χ3v) is 1.73. The Balaban J connectivity index is 3.81. The molecule has 72 valence electrons. The number of alkyl halides is 1. The number of carbonyl (C=O) groups excluding carboxylic acids is 1. The summed E-state index contributed by atoms with van der Waals surface area (Å²) in [7, 11) is 0. The fourth-order valence-corrected chi connectivity index (χ4v) is 1.24. The van der Waals surface area contributed by atoms with Crippen LogP contribution in [0.1, 0.15) is 26.7 Å². The molecule has 0 radical (unpaired) electrons. The molecule has 0 aromatic rings. The van der Waals surface area contributed by atoms with Gasteiger partial charge in [-0.2, -0.15) is 0 Å². The number of carbonyl (C=O) groups is 1. The molecular formula is C8H16INO2. The van der Waals surface area contributed by atoms with Crippen molar-refractivity contribution < 1.29 is 9.53 Å². The van der Waals surface area contributed by atoms with Crippen molar-refractivity contribution in [1.82, 2.24) is 4.90 Å². The summed E-state index contributed by atoms with van der Waals surface area (Å²) in [6, 6.07) is 0. The lowest BCUT2D eigenvalue weighted by Crippen LogP contribution is -2.32. The molecule has 0 aliphatic rings. The first-order chi connectivity index (χ1) is 5.76. The Labute approximate surface area is 87.6 Å². The predicted molar refractivity (Wildman–Crippen MR) is 57.5 cm³/mol. The molecule has 0 aliphatic heterocycles. The minimum atomic E-state index is -0.187. The van der Waals surface area contributed by atoms with Crippen LogP contribution in [0.15, 0.2) is 0 Å². The molecule has 0 aromatic carbocycles. The Hall–Kier alpha value is 0. The van der Waals surface area contributed by atoms with Gasteiger partial charge in [0, 0.05) is 13.1 Å². The largest absolute Gasteiger partial charge is 0.439 e. The molecule has 0 aliphatic carbocycles. The van der Waals surface area contributed by atoms with Gasteiger partial charge in [-0.15, -0.1) is 0 Å². The summed E-state index contributed by atoms with van der Waals surface area (Å²) in [6.45, 7) is 5.70. The zero-order valence-corrected chi connectivity index (χ0v) is 9.83. The van der Waals surface area contributed by atoms with Gasteiger partial charge >= 0.3 is 6.09 Å². The molecule has 4 heteroatoms. The summed E-state index contributed by atoms with van der Waals surface area (Å²) in [6.07, 6.45) is 1.78. The lowest BCUT2D eigenvalue weighted by molar-refractivity contribution is 0.121. The van der Waals surface area contributed by atoms with Crippen LogP contribution >= 0.6 is 22.6 Å². The number of hydrogen-bond acceptors (Lipinski definition) is 2. The van der Waals surface area contributed by atoms with Gasteiger partial charge in [0.25, 0.3) is 0 Å². The zero-order chi connectivity index (χ0) is 9.40. The zero-order valence-electron chi connectivity index (χ0n) is 7.68. The molecule has 0 aromatic heterocycles. The monoisotopic (exact) mass is 285 g/mol. The second-order valence-corrected chi connectivity index (χ2v) is 3.13. The highest BCUT2D eigenvalue weighted by Crippen LogP contribution is 1.99. The van der Waals surface area contributed by atoms with E-state index in [1.807, 2.05) is 22.6 Å². The van der Waals surface area contributed by atoms with Gasteiger partial charge in [0.15, 0.2) is 0 Å². The van der Waals surface area contributed by atoms with Gasteiger partial charge in [0.05, 0.1) is 0 Å². The second kappa shape index (κ2) is 7.64. The van der Waals surface area contributed by atoms with Crippen molar-refractivity contribution in [1.29, 1.82) is 0 Å². The molecule has 0 fully saturated rings. The van der Waals surface area contributed by atoms with Crippen molar-refractivity contribution in [3.8, 4) is 0 Å². The van der Waals surface area contributed by atoms with Crippen molar-refractivity contribution in [3.63, 3.8) is 0 Å². The summed E-state index contributed by atoms with van der Waals surface area (Å²) >= 11 is 2.02. The van der Waals surface area contributed by atoms with E-state index >= 15 is 0 Å². The maximum absolute atomic E-state index is 11.2. The average Bonchev–Trinajstić information content (AvgIpc) is 2.04. The molecule has 0 atom stereocenters. The standard InChI is InChI=1S/C8H16INO2/c1-3-5-10(6-4-2)8(11)12-7-9/h3-7H2,1-2H3. The van der Waals surface area contributed by atoms with Crippen molar-refractivity contribution in [2.45, 2.75) is 26.7 Å². The van der Waals surface area contributed by atoms with Crippen molar-refractivity contribution in [2.75, 3.05) is 17.7 Å². The molecule has 0 spiro atoms. The fraction of sp³-hybridized carbons (Fsp3) is 0.875. The molecule has 0 N–H and O–H groups in total. The average molecular weight is 285 g/mol. The second-order valence-electron chi connectivity index (χ2n) is 2.51. The van der Waals surface area contributed by atoms with Gasteiger partial charge in [-0.05, 0) is 35.4 Å². The number of amides is 1. The molecule has 0 saturated carbocycles. The first-order valence-corrected chi connectivity index (χ1v) is 5.76. The van der Waals surface area contributed by atoms with E-state index in [4.69, 9.17) is 4.74 Å². The van der Waals surface area contributed by atoms with Crippen LogP contribution in [0.3, 0.4) is 0 Å². The van der Waals surface area contributed by atoms with Crippen molar-refractivity contribution in [2.24, 2.45) is 0 Å². The molecular weight excluding hydrogens is 269 g/mol. The summed E-state index contributed by atoms with van der Waals surface area (Å²) in [5.74, 6) is 0. The Bertz CT molecular complexity index is 124. The highest BCUT2D eigenvalue weighted by atomic mass is 127. The van der Waals surface area contributed by atoms with Gasteiger partial charge in [-0.25, -0.2) is 4.79 Å². The van der Waals surface area contributed by atoms with Gasteiger partial charge in [0.2, 0.25) is 0 Å². The predicted octanol–water partition coefficient (Wildman–Crippen LogP) is 2.64. The lowest BCUT2D eigenvalue weighted by atomic mass is 10.4. The topological polar surface area (TPSA) is 29.5 Å². The van der Waals surface area contributed by atoms with Crippen LogP contribution in [0.2, 0.25) is 0 Å². The molecule has 0 heterocycles. The maximum Gasteiger partial charge on any atom is 0.410 e. The molecule has 1 amide bonds. The molecule has 0 rings (SSSR count). The SMILES string of the molecule is CCCN(CCC)C(=O)OCI. The Morgan fingerprint density at radius 3 is 2.17 bits per heavy atom. The van der Waals surface area contributed by atoms with Crippen molar-refractivity contribution in [3.05, 3.63) is 0 Å². The Morgan fingerprint density at radius 2 is 1.83 bits per heavy atom. The smallest absolute Gasteiger partial charge is 0.410 e. The van der Waals surface area contributed by atoms with Gasteiger partial charge in [-0.1, -0.05) is 13.8 Å².